The fraction of sp³-hybridized carbons (Fsp3) is 0.543. The van der Waals surface area contributed by atoms with Crippen LogP contribution in [-0.4, -0.2) is 63.8 Å². The molecule has 236 valence electrons. The summed E-state index contributed by atoms with van der Waals surface area (Å²) in [6.45, 7) is 12.0. The molecular formula is C35H48O8. The fourth-order valence-corrected chi connectivity index (χ4v) is 4.73. The predicted molar refractivity (Wildman–Crippen MR) is 169 cm³/mol. The van der Waals surface area contributed by atoms with Crippen LogP contribution >= 0.6 is 0 Å². The van der Waals surface area contributed by atoms with Gasteiger partial charge in [0.2, 0.25) is 0 Å². The van der Waals surface area contributed by atoms with Crippen LogP contribution in [0.25, 0.3) is 21.5 Å². The van der Waals surface area contributed by atoms with Gasteiger partial charge in [-0.1, -0.05) is 69.7 Å². The highest BCUT2D eigenvalue weighted by atomic mass is 16.6. The minimum absolute atomic E-state index is 0.149. The molecule has 8 heteroatoms. The van der Waals surface area contributed by atoms with Gasteiger partial charge in [0.15, 0.2) is 12.2 Å². The lowest BCUT2D eigenvalue weighted by Gasteiger charge is -2.23. The third-order valence-corrected chi connectivity index (χ3v) is 6.72. The molecule has 0 saturated heterocycles. The van der Waals surface area contributed by atoms with Crippen molar-refractivity contribution in [3.8, 4) is 11.5 Å². The summed E-state index contributed by atoms with van der Waals surface area (Å²) in [5, 5.41) is 3.48. The minimum Gasteiger partial charge on any atom is -0.488 e. The highest BCUT2D eigenvalue weighted by molar-refractivity contribution is 6.11. The van der Waals surface area contributed by atoms with Crippen molar-refractivity contribution in [1.29, 1.82) is 0 Å². The maximum absolute atomic E-state index is 12.3. The first kappa shape index (κ1) is 34.1. The summed E-state index contributed by atoms with van der Waals surface area (Å²) in [4.78, 5) is 24.7. The van der Waals surface area contributed by atoms with Crippen LogP contribution in [0, 0.1) is 6.92 Å². The highest BCUT2D eigenvalue weighted by Gasteiger charge is 2.22. The molecule has 0 heterocycles. The van der Waals surface area contributed by atoms with Gasteiger partial charge in [-0.15, -0.1) is 0 Å². The molecule has 2 atom stereocenters. The Bertz CT molecular complexity index is 1300. The number of benzene rings is 3. The molecule has 2 unspecified atom stereocenters. The number of ether oxygens (including phenoxy) is 6. The number of carbonyl (C=O) groups excluding carboxylic acids is 2. The first-order chi connectivity index (χ1) is 20.9. The lowest BCUT2D eigenvalue weighted by molar-refractivity contribution is -0.155. The number of esters is 2. The number of aryl methyl sites for hydroxylation is 1. The molecule has 43 heavy (non-hydrogen) atoms. The van der Waals surface area contributed by atoms with E-state index in [1.807, 2.05) is 71.0 Å². The van der Waals surface area contributed by atoms with Gasteiger partial charge in [-0.2, -0.15) is 0 Å². The second kappa shape index (κ2) is 18.3. The molecule has 0 spiro atoms. The average Bonchev–Trinajstić information content (AvgIpc) is 2.98. The third kappa shape index (κ3) is 10.4. The maximum atomic E-state index is 12.3. The third-order valence-electron chi connectivity index (χ3n) is 6.72. The zero-order chi connectivity index (χ0) is 31.0. The molecule has 0 aliphatic rings. The summed E-state index contributed by atoms with van der Waals surface area (Å²) < 4.78 is 35.8. The Kier molecular flexibility index (Phi) is 14.6. The highest BCUT2D eigenvalue weighted by Crippen LogP contribution is 2.43. The van der Waals surface area contributed by atoms with Gasteiger partial charge in [0.25, 0.3) is 0 Å². The van der Waals surface area contributed by atoms with E-state index in [-0.39, 0.29) is 38.4 Å². The molecule has 3 aromatic carbocycles. The second-order valence-electron chi connectivity index (χ2n) is 10.7. The van der Waals surface area contributed by atoms with Crippen LogP contribution in [0.4, 0.5) is 0 Å². The molecule has 0 bridgehead atoms. The van der Waals surface area contributed by atoms with Gasteiger partial charge in [-0.05, 0) is 38.7 Å². The van der Waals surface area contributed by atoms with Gasteiger partial charge >= 0.3 is 11.9 Å². The van der Waals surface area contributed by atoms with Crippen molar-refractivity contribution >= 4 is 33.5 Å². The summed E-state index contributed by atoms with van der Waals surface area (Å²) >= 11 is 0. The van der Waals surface area contributed by atoms with E-state index in [9.17, 15) is 9.59 Å². The average molecular weight is 597 g/mol. The van der Waals surface area contributed by atoms with E-state index in [4.69, 9.17) is 28.4 Å². The lowest BCUT2D eigenvalue weighted by atomic mass is 9.99. The maximum Gasteiger partial charge on any atom is 0.306 e. The number of hydrogen-bond donors (Lipinski definition) is 0. The first-order valence-electron chi connectivity index (χ1n) is 15.7. The smallest absolute Gasteiger partial charge is 0.306 e. The van der Waals surface area contributed by atoms with Crippen molar-refractivity contribution in [1.82, 2.24) is 0 Å². The van der Waals surface area contributed by atoms with Crippen LogP contribution in [0.3, 0.4) is 0 Å². The molecule has 0 aromatic heterocycles. The molecule has 3 rings (SSSR count). The molecule has 8 nitrogen and oxygen atoms in total. The number of rotatable bonds is 20. The van der Waals surface area contributed by atoms with E-state index < -0.39 is 12.2 Å². The van der Waals surface area contributed by atoms with Gasteiger partial charge in [-0.3, -0.25) is 9.59 Å². The summed E-state index contributed by atoms with van der Waals surface area (Å²) in [6.07, 6.45) is 2.78. The van der Waals surface area contributed by atoms with Crippen LogP contribution < -0.4 is 9.47 Å². The molecule has 0 fully saturated rings. The van der Waals surface area contributed by atoms with Gasteiger partial charge in [-0.25, -0.2) is 0 Å². The van der Waals surface area contributed by atoms with Gasteiger partial charge in [0.05, 0.1) is 13.2 Å². The van der Waals surface area contributed by atoms with Crippen molar-refractivity contribution in [2.24, 2.45) is 0 Å². The molecular weight excluding hydrogens is 548 g/mol. The van der Waals surface area contributed by atoms with Crippen LogP contribution in [0.2, 0.25) is 0 Å². The minimum atomic E-state index is -0.540. The van der Waals surface area contributed by atoms with E-state index in [1.54, 1.807) is 0 Å². The summed E-state index contributed by atoms with van der Waals surface area (Å²) in [5.41, 5.74) is 1.06. The van der Waals surface area contributed by atoms with E-state index in [1.165, 1.54) is 0 Å². The van der Waals surface area contributed by atoms with Gasteiger partial charge in [0.1, 0.15) is 24.7 Å². The van der Waals surface area contributed by atoms with Crippen LogP contribution in [0.5, 0.6) is 11.5 Å². The predicted octanol–water partition coefficient (Wildman–Crippen LogP) is 7.34. The normalized spacial score (nSPS) is 12.7. The van der Waals surface area contributed by atoms with Crippen molar-refractivity contribution in [3.05, 3.63) is 48.0 Å². The molecule has 0 N–H and O–H groups in total. The SMILES string of the molecule is CCCOCC(COc1c2ccccc2c(OCC(COCCC)OC(=O)CCC)c2cc(C)ccc12)OC(=O)CCC. The van der Waals surface area contributed by atoms with Crippen LogP contribution in [0.15, 0.2) is 42.5 Å². The molecule has 0 aliphatic heterocycles. The standard InChI is InChI=1S/C35H48O8/c1-6-12-32(36)42-26(21-38-18-8-3)23-40-34-28-14-10-11-15-29(28)35(31-20-25(5)16-17-30(31)34)41-24-27(22-39-19-9-4)43-33(37)13-7-2/h10-11,14-17,20,26-27H,6-9,12-13,18-19,21-24H2,1-5H3. The Morgan fingerprint density at radius 2 is 1.07 bits per heavy atom. The number of hydrogen-bond acceptors (Lipinski definition) is 8. The molecule has 0 amide bonds. The zero-order valence-corrected chi connectivity index (χ0v) is 26.4. The van der Waals surface area contributed by atoms with E-state index in [2.05, 4.69) is 6.07 Å². The quantitative estimate of drug-likeness (QED) is 0.0761. The summed E-state index contributed by atoms with van der Waals surface area (Å²) in [6, 6.07) is 14.0. The Hall–Kier alpha value is -3.36. The first-order valence-corrected chi connectivity index (χ1v) is 15.7. The Morgan fingerprint density at radius 1 is 0.605 bits per heavy atom. The molecule has 0 saturated carbocycles. The van der Waals surface area contributed by atoms with E-state index in [0.29, 0.717) is 50.4 Å². The molecule has 0 aliphatic carbocycles. The van der Waals surface area contributed by atoms with Gasteiger partial charge in [0, 0.05) is 47.6 Å². The second-order valence-corrected chi connectivity index (χ2v) is 10.7. The Balaban J connectivity index is 1.96. The fourth-order valence-electron chi connectivity index (χ4n) is 4.73. The Labute approximate surface area is 255 Å². The van der Waals surface area contributed by atoms with Crippen molar-refractivity contribution in [2.45, 2.75) is 85.4 Å². The van der Waals surface area contributed by atoms with Crippen molar-refractivity contribution < 1.29 is 38.0 Å². The van der Waals surface area contributed by atoms with Gasteiger partial charge < -0.3 is 28.4 Å². The zero-order valence-electron chi connectivity index (χ0n) is 26.4. The topological polar surface area (TPSA) is 89.5 Å². The van der Waals surface area contributed by atoms with Crippen LogP contribution in [0.1, 0.15) is 71.8 Å². The summed E-state index contributed by atoms with van der Waals surface area (Å²) in [5.74, 6) is 0.845. The summed E-state index contributed by atoms with van der Waals surface area (Å²) in [7, 11) is 0. The lowest BCUT2D eigenvalue weighted by Crippen LogP contribution is -2.30. The Morgan fingerprint density at radius 3 is 1.53 bits per heavy atom. The van der Waals surface area contributed by atoms with Crippen molar-refractivity contribution in [3.63, 3.8) is 0 Å². The van der Waals surface area contributed by atoms with Crippen LogP contribution in [-0.2, 0) is 28.5 Å². The van der Waals surface area contributed by atoms with Crippen molar-refractivity contribution in [2.75, 3.05) is 39.6 Å². The monoisotopic (exact) mass is 596 g/mol. The number of carbonyl (C=O) groups is 2. The molecule has 3 aromatic rings. The molecule has 0 radical (unpaired) electrons. The largest absolute Gasteiger partial charge is 0.488 e. The van der Waals surface area contributed by atoms with E-state index >= 15 is 0 Å². The number of fused-ring (bicyclic) bond motifs is 2. The van der Waals surface area contributed by atoms with E-state index in [0.717, 1.165) is 39.9 Å².